The molecule has 8 heteroatoms. The quantitative estimate of drug-likeness (QED) is 0.756. The smallest absolute Gasteiger partial charge is 0.229 e. The normalized spacial score (nSPS) is 11.0. The molecule has 1 aromatic heterocycles. The van der Waals surface area contributed by atoms with Crippen LogP contribution in [0, 0.1) is 6.92 Å². The summed E-state index contributed by atoms with van der Waals surface area (Å²) in [5, 5.41) is 6.24. The SMILES string of the molecule is CCNc1nc(C)cc(Nc2ccc(NS(C)(=O)=O)cc2)n1. The van der Waals surface area contributed by atoms with Crippen molar-refractivity contribution < 1.29 is 8.42 Å². The van der Waals surface area contributed by atoms with E-state index >= 15 is 0 Å². The average molecular weight is 321 g/mol. The molecule has 0 spiro atoms. The summed E-state index contributed by atoms with van der Waals surface area (Å²) in [5.74, 6) is 1.24. The second-order valence-corrected chi connectivity index (χ2v) is 6.57. The topological polar surface area (TPSA) is 96.0 Å². The van der Waals surface area contributed by atoms with Crippen molar-refractivity contribution >= 4 is 33.2 Å². The number of rotatable bonds is 6. The zero-order valence-corrected chi connectivity index (χ0v) is 13.5. The monoisotopic (exact) mass is 321 g/mol. The van der Waals surface area contributed by atoms with Crippen LogP contribution in [0.2, 0.25) is 0 Å². The number of benzene rings is 1. The fraction of sp³-hybridized carbons (Fsp3) is 0.286. The lowest BCUT2D eigenvalue weighted by Crippen LogP contribution is -2.09. The highest BCUT2D eigenvalue weighted by molar-refractivity contribution is 7.92. The Morgan fingerprint density at radius 3 is 2.32 bits per heavy atom. The van der Waals surface area contributed by atoms with Gasteiger partial charge in [0.25, 0.3) is 0 Å². The van der Waals surface area contributed by atoms with Gasteiger partial charge >= 0.3 is 0 Å². The van der Waals surface area contributed by atoms with Gasteiger partial charge in [0.05, 0.1) is 6.26 Å². The van der Waals surface area contributed by atoms with Crippen LogP contribution >= 0.6 is 0 Å². The van der Waals surface area contributed by atoms with Gasteiger partial charge in [0.1, 0.15) is 5.82 Å². The predicted molar refractivity (Wildman–Crippen MR) is 89.1 cm³/mol. The van der Waals surface area contributed by atoms with Crippen LogP contribution in [-0.2, 0) is 10.0 Å². The molecule has 22 heavy (non-hydrogen) atoms. The van der Waals surface area contributed by atoms with E-state index in [1.165, 1.54) is 0 Å². The highest BCUT2D eigenvalue weighted by atomic mass is 32.2. The Morgan fingerprint density at radius 1 is 1.09 bits per heavy atom. The summed E-state index contributed by atoms with van der Waals surface area (Å²) in [4.78, 5) is 8.64. The standard InChI is InChI=1S/C14H19N5O2S/c1-4-15-14-16-10(2)9-13(18-14)17-11-5-7-12(8-6-11)19-22(3,20)21/h5-9,19H,4H2,1-3H3,(H2,15,16,17,18). The summed E-state index contributed by atoms with van der Waals surface area (Å²) in [7, 11) is -3.27. The maximum Gasteiger partial charge on any atom is 0.229 e. The summed E-state index contributed by atoms with van der Waals surface area (Å²) in [5.41, 5.74) is 2.17. The molecule has 7 nitrogen and oxygen atoms in total. The Labute approximate surface area is 130 Å². The summed E-state index contributed by atoms with van der Waals surface area (Å²) >= 11 is 0. The van der Waals surface area contributed by atoms with Gasteiger partial charge in [0.2, 0.25) is 16.0 Å². The number of hydrogen-bond acceptors (Lipinski definition) is 6. The van der Waals surface area contributed by atoms with Crippen LogP contribution in [0.1, 0.15) is 12.6 Å². The molecule has 0 aliphatic rings. The summed E-state index contributed by atoms with van der Waals surface area (Å²) in [6.07, 6.45) is 1.12. The third-order valence-electron chi connectivity index (χ3n) is 2.65. The minimum absolute atomic E-state index is 0.514. The van der Waals surface area contributed by atoms with Crippen LogP contribution in [0.5, 0.6) is 0 Å². The fourth-order valence-corrected chi connectivity index (χ4v) is 2.42. The van der Waals surface area contributed by atoms with Gasteiger partial charge in [-0.15, -0.1) is 0 Å². The van der Waals surface area contributed by atoms with E-state index in [0.29, 0.717) is 17.5 Å². The first-order chi connectivity index (χ1) is 10.4. The first-order valence-electron chi connectivity index (χ1n) is 6.80. The van der Waals surface area contributed by atoms with Gasteiger partial charge in [-0.1, -0.05) is 0 Å². The third-order valence-corrected chi connectivity index (χ3v) is 3.26. The molecule has 1 heterocycles. The van der Waals surface area contributed by atoms with Crippen LogP contribution in [0.15, 0.2) is 30.3 Å². The van der Waals surface area contributed by atoms with Crippen LogP contribution in [0.25, 0.3) is 0 Å². The van der Waals surface area contributed by atoms with Crippen molar-refractivity contribution in [3.05, 3.63) is 36.0 Å². The zero-order valence-electron chi connectivity index (χ0n) is 12.7. The molecule has 118 valence electrons. The molecule has 0 saturated carbocycles. The van der Waals surface area contributed by atoms with Gasteiger partial charge in [0, 0.05) is 29.7 Å². The second-order valence-electron chi connectivity index (χ2n) is 4.83. The van der Waals surface area contributed by atoms with Crippen molar-refractivity contribution in [2.24, 2.45) is 0 Å². The second kappa shape index (κ2) is 6.61. The van der Waals surface area contributed by atoms with E-state index in [0.717, 1.165) is 24.2 Å². The summed E-state index contributed by atoms with van der Waals surface area (Å²) in [6, 6.07) is 8.75. The molecule has 0 unspecified atom stereocenters. The minimum Gasteiger partial charge on any atom is -0.354 e. The van der Waals surface area contributed by atoms with Gasteiger partial charge in [0.15, 0.2) is 0 Å². The van der Waals surface area contributed by atoms with Crippen molar-refractivity contribution in [3.63, 3.8) is 0 Å². The van der Waals surface area contributed by atoms with Gasteiger partial charge < -0.3 is 10.6 Å². The number of aromatic nitrogens is 2. The van der Waals surface area contributed by atoms with Crippen molar-refractivity contribution in [3.8, 4) is 0 Å². The molecule has 0 atom stereocenters. The Kier molecular flexibility index (Phi) is 4.81. The van der Waals surface area contributed by atoms with Crippen molar-refractivity contribution in [1.29, 1.82) is 0 Å². The number of hydrogen-bond donors (Lipinski definition) is 3. The van der Waals surface area contributed by atoms with Crippen LogP contribution in [0.4, 0.5) is 23.1 Å². The van der Waals surface area contributed by atoms with E-state index in [9.17, 15) is 8.42 Å². The van der Waals surface area contributed by atoms with E-state index < -0.39 is 10.0 Å². The molecule has 0 saturated heterocycles. The van der Waals surface area contributed by atoms with E-state index in [1.54, 1.807) is 24.3 Å². The minimum atomic E-state index is -3.27. The molecule has 0 amide bonds. The maximum atomic E-state index is 11.2. The van der Waals surface area contributed by atoms with Gasteiger partial charge in [-0.05, 0) is 38.1 Å². The zero-order chi connectivity index (χ0) is 16.2. The van der Waals surface area contributed by atoms with Gasteiger partial charge in [-0.2, -0.15) is 4.98 Å². The van der Waals surface area contributed by atoms with Gasteiger partial charge in [-0.25, -0.2) is 13.4 Å². The number of aryl methyl sites for hydroxylation is 1. The van der Waals surface area contributed by atoms with Gasteiger partial charge in [-0.3, -0.25) is 4.72 Å². The summed E-state index contributed by atoms with van der Waals surface area (Å²) < 4.78 is 24.7. The van der Waals surface area contributed by atoms with Crippen LogP contribution < -0.4 is 15.4 Å². The van der Waals surface area contributed by atoms with E-state index in [2.05, 4.69) is 25.3 Å². The molecule has 2 rings (SSSR count). The molecule has 0 radical (unpaired) electrons. The lowest BCUT2D eigenvalue weighted by Gasteiger charge is -2.10. The largest absolute Gasteiger partial charge is 0.354 e. The lowest BCUT2D eigenvalue weighted by atomic mass is 10.3. The Balaban J connectivity index is 2.14. The van der Waals surface area contributed by atoms with Crippen molar-refractivity contribution in [2.75, 3.05) is 28.2 Å². The van der Waals surface area contributed by atoms with Crippen LogP contribution in [-0.4, -0.2) is 31.2 Å². The summed E-state index contributed by atoms with van der Waals surface area (Å²) in [6.45, 7) is 4.62. The van der Waals surface area contributed by atoms with Crippen molar-refractivity contribution in [1.82, 2.24) is 9.97 Å². The number of nitrogens with one attached hydrogen (secondary N) is 3. The Bertz CT molecular complexity index is 744. The molecular weight excluding hydrogens is 302 g/mol. The maximum absolute atomic E-state index is 11.2. The molecule has 0 aliphatic carbocycles. The molecule has 0 aliphatic heterocycles. The van der Waals surface area contributed by atoms with E-state index in [4.69, 9.17) is 0 Å². The highest BCUT2D eigenvalue weighted by Crippen LogP contribution is 2.19. The first-order valence-corrected chi connectivity index (χ1v) is 8.69. The molecule has 3 N–H and O–H groups in total. The predicted octanol–water partition coefficient (Wildman–Crippen LogP) is 2.33. The molecule has 0 bridgehead atoms. The van der Waals surface area contributed by atoms with E-state index in [1.807, 2.05) is 19.9 Å². The number of anilines is 4. The van der Waals surface area contributed by atoms with Crippen molar-refractivity contribution in [2.45, 2.75) is 13.8 Å². The fourth-order valence-electron chi connectivity index (χ4n) is 1.85. The highest BCUT2D eigenvalue weighted by Gasteiger charge is 2.04. The lowest BCUT2D eigenvalue weighted by molar-refractivity contribution is 0.607. The van der Waals surface area contributed by atoms with Crippen LogP contribution in [0.3, 0.4) is 0 Å². The molecule has 2 aromatic rings. The number of sulfonamides is 1. The molecule has 1 aromatic carbocycles. The Hall–Kier alpha value is -2.35. The molecular formula is C14H19N5O2S. The average Bonchev–Trinajstić information content (AvgIpc) is 2.39. The Morgan fingerprint density at radius 2 is 1.73 bits per heavy atom. The first kappa shape index (κ1) is 16.0. The van der Waals surface area contributed by atoms with E-state index in [-0.39, 0.29) is 0 Å². The molecule has 0 fully saturated rings. The number of nitrogens with zero attached hydrogens (tertiary/aromatic N) is 2. The third kappa shape index (κ3) is 4.88.